The summed E-state index contributed by atoms with van der Waals surface area (Å²) in [5.74, 6) is -0.385. The van der Waals surface area contributed by atoms with Crippen LogP contribution >= 0.6 is 27.3 Å². The van der Waals surface area contributed by atoms with Gasteiger partial charge in [0, 0.05) is 38.4 Å². The average molecular weight is 521 g/mol. The fourth-order valence-corrected chi connectivity index (χ4v) is 5.51. The Bertz CT molecular complexity index is 1460. The van der Waals surface area contributed by atoms with Crippen LogP contribution in [0, 0.1) is 0 Å². The topological polar surface area (TPSA) is 90.9 Å². The smallest absolute Gasteiger partial charge is 0.326 e. The highest BCUT2D eigenvalue weighted by atomic mass is 79.9. The first kappa shape index (κ1) is 21.6. The van der Waals surface area contributed by atoms with Gasteiger partial charge in [-0.15, -0.1) is 11.3 Å². The zero-order valence-corrected chi connectivity index (χ0v) is 20.2. The molecule has 5 rings (SSSR count). The SMILES string of the molecule is CCc1sc2ncnc(NC(Cc3c[nH]c4ccccc34)C(=O)O)c2c1-c1ccc(Br)cc1. The predicted molar refractivity (Wildman–Crippen MR) is 137 cm³/mol. The number of nitrogens with zero attached hydrogens (tertiary/aromatic N) is 2. The van der Waals surface area contributed by atoms with Crippen molar-refractivity contribution in [1.29, 1.82) is 0 Å². The molecular formula is C25H21BrN4O2S. The van der Waals surface area contributed by atoms with Crippen molar-refractivity contribution in [3.05, 3.63) is 76.0 Å². The first-order chi connectivity index (χ1) is 16.0. The number of hydrogen-bond donors (Lipinski definition) is 3. The molecule has 0 radical (unpaired) electrons. The van der Waals surface area contributed by atoms with E-state index < -0.39 is 12.0 Å². The largest absolute Gasteiger partial charge is 0.480 e. The molecule has 0 aliphatic carbocycles. The number of thiophene rings is 1. The number of aromatic nitrogens is 3. The van der Waals surface area contributed by atoms with E-state index in [-0.39, 0.29) is 0 Å². The summed E-state index contributed by atoms with van der Waals surface area (Å²) in [5.41, 5.74) is 4.06. The van der Waals surface area contributed by atoms with Crippen LogP contribution in [0.1, 0.15) is 17.4 Å². The summed E-state index contributed by atoms with van der Waals surface area (Å²) in [5, 5.41) is 15.1. The first-order valence-electron chi connectivity index (χ1n) is 10.6. The number of carboxylic acid groups (broad SMARTS) is 1. The lowest BCUT2D eigenvalue weighted by Gasteiger charge is -2.16. The first-order valence-corrected chi connectivity index (χ1v) is 12.2. The van der Waals surface area contributed by atoms with E-state index in [0.29, 0.717) is 12.2 Å². The van der Waals surface area contributed by atoms with Crippen molar-refractivity contribution >= 4 is 60.2 Å². The molecule has 3 aromatic heterocycles. The second kappa shape index (κ2) is 8.96. The molecule has 8 heteroatoms. The maximum Gasteiger partial charge on any atom is 0.326 e. The Morgan fingerprint density at radius 2 is 1.97 bits per heavy atom. The third-order valence-corrected chi connectivity index (χ3v) is 7.49. The van der Waals surface area contributed by atoms with Crippen LogP contribution in [0.25, 0.3) is 32.2 Å². The van der Waals surface area contributed by atoms with Crippen molar-refractivity contribution < 1.29 is 9.90 Å². The van der Waals surface area contributed by atoms with Gasteiger partial charge in [-0.2, -0.15) is 0 Å². The quantitative estimate of drug-likeness (QED) is 0.235. The van der Waals surface area contributed by atoms with Crippen LogP contribution < -0.4 is 5.32 Å². The average Bonchev–Trinajstić information content (AvgIpc) is 3.41. The van der Waals surface area contributed by atoms with Crippen molar-refractivity contribution in [1.82, 2.24) is 15.0 Å². The van der Waals surface area contributed by atoms with Crippen LogP contribution in [-0.2, 0) is 17.6 Å². The Labute approximate surface area is 202 Å². The number of para-hydroxylation sites is 1. The number of carbonyl (C=O) groups is 1. The highest BCUT2D eigenvalue weighted by Crippen LogP contribution is 2.41. The molecule has 2 aromatic carbocycles. The molecular weight excluding hydrogens is 500 g/mol. The maximum absolute atomic E-state index is 12.2. The molecule has 0 aliphatic rings. The van der Waals surface area contributed by atoms with E-state index in [0.717, 1.165) is 48.7 Å². The Hall–Kier alpha value is -3.23. The summed E-state index contributed by atoms with van der Waals surface area (Å²) in [7, 11) is 0. The number of fused-ring (bicyclic) bond motifs is 2. The van der Waals surface area contributed by atoms with Gasteiger partial charge in [-0.1, -0.05) is 53.2 Å². The van der Waals surface area contributed by atoms with Crippen LogP contribution in [0.3, 0.4) is 0 Å². The highest BCUT2D eigenvalue weighted by Gasteiger charge is 2.24. The highest BCUT2D eigenvalue weighted by molar-refractivity contribution is 9.10. The van der Waals surface area contributed by atoms with Crippen molar-refractivity contribution in [3.8, 4) is 11.1 Å². The number of rotatable bonds is 7. The van der Waals surface area contributed by atoms with Crippen LogP contribution in [0.2, 0.25) is 0 Å². The van der Waals surface area contributed by atoms with Crippen molar-refractivity contribution in [2.75, 3.05) is 5.32 Å². The summed E-state index contributed by atoms with van der Waals surface area (Å²) in [6.45, 7) is 2.12. The molecule has 1 atom stereocenters. The normalized spacial score (nSPS) is 12.3. The minimum atomic E-state index is -0.928. The summed E-state index contributed by atoms with van der Waals surface area (Å²) < 4.78 is 1.00. The number of aliphatic carboxylic acids is 1. The van der Waals surface area contributed by atoms with E-state index in [1.807, 2.05) is 42.6 Å². The van der Waals surface area contributed by atoms with Gasteiger partial charge in [0.15, 0.2) is 0 Å². The fraction of sp³-hybridized carbons (Fsp3) is 0.160. The van der Waals surface area contributed by atoms with Gasteiger partial charge in [0.1, 0.15) is 23.0 Å². The van der Waals surface area contributed by atoms with Gasteiger partial charge in [-0.3, -0.25) is 0 Å². The number of carboxylic acids is 1. The lowest BCUT2D eigenvalue weighted by Crippen LogP contribution is -2.32. The van der Waals surface area contributed by atoms with Crippen LogP contribution in [0.4, 0.5) is 5.82 Å². The Morgan fingerprint density at radius 3 is 2.73 bits per heavy atom. The molecule has 0 saturated carbocycles. The zero-order valence-electron chi connectivity index (χ0n) is 17.8. The molecule has 3 N–H and O–H groups in total. The number of hydrogen-bond acceptors (Lipinski definition) is 5. The zero-order chi connectivity index (χ0) is 22.9. The van der Waals surface area contributed by atoms with Gasteiger partial charge in [0.05, 0.1) is 5.39 Å². The van der Waals surface area contributed by atoms with E-state index >= 15 is 0 Å². The lowest BCUT2D eigenvalue weighted by molar-refractivity contribution is -0.137. The molecule has 0 aliphatic heterocycles. The third kappa shape index (κ3) is 4.12. The molecule has 1 unspecified atom stereocenters. The second-order valence-electron chi connectivity index (χ2n) is 7.76. The molecule has 0 spiro atoms. The molecule has 0 bridgehead atoms. The Kier molecular flexibility index (Phi) is 5.86. The monoisotopic (exact) mass is 520 g/mol. The number of anilines is 1. The number of benzene rings is 2. The predicted octanol–water partition coefficient (Wildman–Crippen LogP) is 6.27. The summed E-state index contributed by atoms with van der Waals surface area (Å²) in [4.78, 5) is 26.5. The van der Waals surface area contributed by atoms with Gasteiger partial charge in [0.25, 0.3) is 0 Å². The van der Waals surface area contributed by atoms with E-state index in [2.05, 4.69) is 55.3 Å². The maximum atomic E-state index is 12.2. The summed E-state index contributed by atoms with van der Waals surface area (Å²) in [6.07, 6.45) is 4.55. The Morgan fingerprint density at radius 1 is 1.18 bits per heavy atom. The standard InChI is InChI=1S/C25H21BrN4O2S/c1-2-20-21(14-7-9-16(26)10-8-14)22-23(28-13-29-24(22)33-20)30-19(25(31)32)11-15-12-27-18-6-4-3-5-17(15)18/h3-10,12-13,19,27H,2,11H2,1H3,(H,31,32)(H,28,29,30). The Balaban J connectivity index is 1.57. The van der Waals surface area contributed by atoms with E-state index in [4.69, 9.17) is 0 Å². The van der Waals surface area contributed by atoms with Gasteiger partial charge in [-0.25, -0.2) is 14.8 Å². The van der Waals surface area contributed by atoms with E-state index in [1.165, 1.54) is 11.2 Å². The molecule has 166 valence electrons. The number of nitrogens with one attached hydrogen (secondary N) is 2. The van der Waals surface area contributed by atoms with Crippen molar-refractivity contribution in [3.63, 3.8) is 0 Å². The van der Waals surface area contributed by atoms with Crippen molar-refractivity contribution in [2.24, 2.45) is 0 Å². The molecule has 3 heterocycles. The minimum Gasteiger partial charge on any atom is -0.480 e. The van der Waals surface area contributed by atoms with Crippen LogP contribution in [-0.4, -0.2) is 32.1 Å². The molecule has 0 fully saturated rings. The molecule has 33 heavy (non-hydrogen) atoms. The minimum absolute atomic E-state index is 0.323. The molecule has 0 amide bonds. The van der Waals surface area contributed by atoms with Crippen LogP contribution in [0.5, 0.6) is 0 Å². The molecule has 6 nitrogen and oxygen atoms in total. The van der Waals surface area contributed by atoms with Gasteiger partial charge >= 0.3 is 5.97 Å². The summed E-state index contributed by atoms with van der Waals surface area (Å²) >= 11 is 5.12. The number of aryl methyl sites for hydroxylation is 1. The van der Waals surface area contributed by atoms with E-state index in [9.17, 15) is 9.90 Å². The number of H-pyrrole nitrogens is 1. The third-order valence-electron chi connectivity index (χ3n) is 5.72. The molecule has 5 aromatic rings. The van der Waals surface area contributed by atoms with Crippen molar-refractivity contribution in [2.45, 2.75) is 25.8 Å². The van der Waals surface area contributed by atoms with Gasteiger partial charge in [-0.05, 0) is 35.7 Å². The van der Waals surface area contributed by atoms with E-state index in [1.54, 1.807) is 11.3 Å². The number of halogens is 1. The lowest BCUT2D eigenvalue weighted by atomic mass is 10.0. The second-order valence-corrected chi connectivity index (χ2v) is 9.76. The summed E-state index contributed by atoms with van der Waals surface area (Å²) in [6, 6.07) is 15.2. The number of aromatic amines is 1. The van der Waals surface area contributed by atoms with Crippen LogP contribution in [0.15, 0.2) is 65.5 Å². The van der Waals surface area contributed by atoms with Gasteiger partial charge < -0.3 is 15.4 Å². The van der Waals surface area contributed by atoms with Gasteiger partial charge in [0.2, 0.25) is 0 Å². The fourth-order valence-electron chi connectivity index (χ4n) is 4.15. The molecule has 0 saturated heterocycles.